The molecule has 0 amide bonds. The highest BCUT2D eigenvalue weighted by atomic mass is 16.4. The fraction of sp³-hybridized carbons (Fsp3) is 0.375. The minimum absolute atomic E-state index is 0.304. The molecule has 1 unspecified atom stereocenters. The van der Waals surface area contributed by atoms with Gasteiger partial charge in [0.15, 0.2) is 0 Å². The number of benzene rings is 1. The summed E-state index contributed by atoms with van der Waals surface area (Å²) in [5, 5.41) is 18.9. The van der Waals surface area contributed by atoms with Crippen LogP contribution in [0.3, 0.4) is 0 Å². The second kappa shape index (κ2) is 5.88. The van der Waals surface area contributed by atoms with E-state index in [9.17, 15) is 4.79 Å². The lowest BCUT2D eigenvalue weighted by Gasteiger charge is -2.11. The molecule has 0 fully saturated rings. The van der Waals surface area contributed by atoms with E-state index in [1.54, 1.807) is 6.92 Å². The zero-order valence-corrected chi connectivity index (χ0v) is 12.3. The van der Waals surface area contributed by atoms with Gasteiger partial charge in [-0.25, -0.2) is 0 Å². The standard InChI is InChI=1S/C16H19N3O2/c1-10(16(20)21)7-9-19-11(2)12(6-8-17)15-13(18)4-3-5-14(15)19/h3-5,10H,6-7,9,18H2,1-2H3,(H,20,21). The average Bonchev–Trinajstić information content (AvgIpc) is 2.71. The highest BCUT2D eigenvalue weighted by molar-refractivity contribution is 5.95. The first kappa shape index (κ1) is 14.9. The van der Waals surface area contributed by atoms with Crippen molar-refractivity contribution >= 4 is 22.6 Å². The molecule has 0 aliphatic carbocycles. The van der Waals surface area contributed by atoms with E-state index in [2.05, 4.69) is 10.6 Å². The van der Waals surface area contributed by atoms with E-state index in [4.69, 9.17) is 16.1 Å². The predicted octanol–water partition coefficient (Wildman–Crippen LogP) is 2.71. The maximum absolute atomic E-state index is 11.0. The topological polar surface area (TPSA) is 92.0 Å². The molecule has 0 bridgehead atoms. The third kappa shape index (κ3) is 2.70. The summed E-state index contributed by atoms with van der Waals surface area (Å²) in [4.78, 5) is 11.0. The molecule has 0 saturated carbocycles. The second-order valence-corrected chi connectivity index (χ2v) is 5.32. The predicted molar refractivity (Wildman–Crippen MR) is 81.8 cm³/mol. The van der Waals surface area contributed by atoms with Crippen molar-refractivity contribution in [2.24, 2.45) is 5.92 Å². The molecule has 21 heavy (non-hydrogen) atoms. The first-order valence-corrected chi connectivity index (χ1v) is 6.93. The highest BCUT2D eigenvalue weighted by Crippen LogP contribution is 2.31. The summed E-state index contributed by atoms with van der Waals surface area (Å²) in [6.45, 7) is 4.26. The van der Waals surface area contributed by atoms with Gasteiger partial charge in [0.1, 0.15) is 0 Å². The Morgan fingerprint density at radius 2 is 2.24 bits per heavy atom. The van der Waals surface area contributed by atoms with Gasteiger partial charge in [-0.3, -0.25) is 4.79 Å². The molecule has 2 rings (SSSR count). The van der Waals surface area contributed by atoms with Crippen LogP contribution in [0.2, 0.25) is 0 Å². The molecule has 0 saturated heterocycles. The number of hydrogen-bond donors (Lipinski definition) is 2. The largest absolute Gasteiger partial charge is 0.481 e. The maximum Gasteiger partial charge on any atom is 0.306 e. The summed E-state index contributed by atoms with van der Waals surface area (Å²) in [5.41, 5.74) is 9.61. The van der Waals surface area contributed by atoms with E-state index < -0.39 is 11.9 Å². The van der Waals surface area contributed by atoms with Gasteiger partial charge in [-0.05, 0) is 31.0 Å². The minimum Gasteiger partial charge on any atom is -0.481 e. The van der Waals surface area contributed by atoms with Crippen molar-refractivity contribution in [3.8, 4) is 6.07 Å². The fourth-order valence-corrected chi connectivity index (χ4v) is 2.67. The first-order valence-electron chi connectivity index (χ1n) is 6.93. The van der Waals surface area contributed by atoms with E-state index in [0.717, 1.165) is 22.2 Å². The van der Waals surface area contributed by atoms with E-state index in [0.29, 0.717) is 25.1 Å². The molecule has 0 spiro atoms. The van der Waals surface area contributed by atoms with Crippen LogP contribution < -0.4 is 5.73 Å². The smallest absolute Gasteiger partial charge is 0.306 e. The summed E-state index contributed by atoms with van der Waals surface area (Å²) >= 11 is 0. The Bertz CT molecular complexity index is 725. The van der Waals surface area contributed by atoms with E-state index in [1.807, 2.05) is 25.1 Å². The average molecular weight is 285 g/mol. The number of anilines is 1. The molecule has 3 N–H and O–H groups in total. The van der Waals surface area contributed by atoms with Gasteiger partial charge >= 0.3 is 5.97 Å². The number of aliphatic carboxylic acids is 1. The van der Waals surface area contributed by atoms with Gasteiger partial charge in [0, 0.05) is 23.3 Å². The Balaban J connectivity index is 2.49. The number of carboxylic acids is 1. The SMILES string of the molecule is Cc1c(CC#N)c2c(N)cccc2n1CCC(C)C(=O)O. The molecule has 1 atom stereocenters. The zero-order chi connectivity index (χ0) is 15.6. The number of fused-ring (bicyclic) bond motifs is 1. The van der Waals surface area contributed by atoms with Crippen molar-refractivity contribution in [3.63, 3.8) is 0 Å². The molecule has 1 aromatic carbocycles. The van der Waals surface area contributed by atoms with Gasteiger partial charge in [-0.15, -0.1) is 0 Å². The lowest BCUT2D eigenvalue weighted by atomic mass is 10.1. The molecular weight excluding hydrogens is 266 g/mol. The summed E-state index contributed by atoms with van der Waals surface area (Å²) in [6.07, 6.45) is 0.846. The van der Waals surface area contributed by atoms with Gasteiger partial charge in [0.05, 0.1) is 23.9 Å². The third-order valence-electron chi connectivity index (χ3n) is 3.97. The van der Waals surface area contributed by atoms with Gasteiger partial charge in [-0.2, -0.15) is 5.26 Å². The molecule has 1 aromatic heterocycles. The number of rotatable bonds is 5. The number of carbonyl (C=O) groups is 1. The van der Waals surface area contributed by atoms with Crippen molar-refractivity contribution < 1.29 is 9.90 Å². The Kier molecular flexibility index (Phi) is 4.18. The summed E-state index contributed by atoms with van der Waals surface area (Å²) < 4.78 is 2.07. The Labute approximate surface area is 123 Å². The molecule has 0 aliphatic rings. The van der Waals surface area contributed by atoms with Crippen molar-refractivity contribution in [3.05, 3.63) is 29.5 Å². The molecule has 1 heterocycles. The van der Waals surface area contributed by atoms with Gasteiger partial charge in [-0.1, -0.05) is 13.0 Å². The molecule has 0 aliphatic heterocycles. The van der Waals surface area contributed by atoms with Crippen LogP contribution in [-0.2, 0) is 17.8 Å². The van der Waals surface area contributed by atoms with Crippen molar-refractivity contribution in [2.45, 2.75) is 33.2 Å². The molecule has 0 radical (unpaired) electrons. The van der Waals surface area contributed by atoms with Crippen molar-refractivity contribution in [2.75, 3.05) is 5.73 Å². The maximum atomic E-state index is 11.0. The summed E-state index contributed by atoms with van der Waals surface area (Å²) in [6, 6.07) is 7.85. The minimum atomic E-state index is -0.791. The normalized spacial score (nSPS) is 12.2. The van der Waals surface area contributed by atoms with Crippen LogP contribution in [0, 0.1) is 24.2 Å². The Morgan fingerprint density at radius 1 is 1.52 bits per heavy atom. The van der Waals surface area contributed by atoms with Crippen LogP contribution in [0.5, 0.6) is 0 Å². The molecule has 110 valence electrons. The number of aromatic nitrogens is 1. The lowest BCUT2D eigenvalue weighted by molar-refractivity contribution is -0.141. The fourth-order valence-electron chi connectivity index (χ4n) is 2.67. The Morgan fingerprint density at radius 3 is 2.86 bits per heavy atom. The number of nitrogen functional groups attached to an aromatic ring is 1. The molecule has 2 aromatic rings. The number of nitriles is 1. The van der Waals surface area contributed by atoms with Crippen LogP contribution in [0.1, 0.15) is 24.6 Å². The van der Waals surface area contributed by atoms with Crippen LogP contribution >= 0.6 is 0 Å². The van der Waals surface area contributed by atoms with E-state index in [-0.39, 0.29) is 0 Å². The molecular formula is C16H19N3O2. The third-order valence-corrected chi connectivity index (χ3v) is 3.97. The monoisotopic (exact) mass is 285 g/mol. The van der Waals surface area contributed by atoms with Gasteiger partial charge < -0.3 is 15.4 Å². The quantitative estimate of drug-likeness (QED) is 0.826. The summed E-state index contributed by atoms with van der Waals surface area (Å²) in [7, 11) is 0. The van der Waals surface area contributed by atoms with Crippen LogP contribution in [-0.4, -0.2) is 15.6 Å². The second-order valence-electron chi connectivity index (χ2n) is 5.32. The number of aryl methyl sites for hydroxylation is 1. The van der Waals surface area contributed by atoms with Crippen molar-refractivity contribution in [1.82, 2.24) is 4.57 Å². The van der Waals surface area contributed by atoms with Crippen molar-refractivity contribution in [1.29, 1.82) is 5.26 Å². The lowest BCUT2D eigenvalue weighted by Crippen LogP contribution is -2.13. The zero-order valence-electron chi connectivity index (χ0n) is 12.3. The number of carboxylic acid groups (broad SMARTS) is 1. The van der Waals surface area contributed by atoms with Crippen LogP contribution in [0.15, 0.2) is 18.2 Å². The first-order chi connectivity index (χ1) is 9.97. The van der Waals surface area contributed by atoms with Gasteiger partial charge in [0.25, 0.3) is 0 Å². The number of hydrogen-bond acceptors (Lipinski definition) is 3. The van der Waals surface area contributed by atoms with E-state index in [1.165, 1.54) is 0 Å². The molecule has 5 heteroatoms. The van der Waals surface area contributed by atoms with Gasteiger partial charge in [0.2, 0.25) is 0 Å². The summed E-state index contributed by atoms with van der Waals surface area (Å²) in [5.74, 6) is -1.19. The van der Waals surface area contributed by atoms with Crippen LogP contribution in [0.25, 0.3) is 10.9 Å². The Hall–Kier alpha value is -2.48. The van der Waals surface area contributed by atoms with E-state index >= 15 is 0 Å². The number of nitrogens with zero attached hydrogens (tertiary/aromatic N) is 2. The number of nitrogens with two attached hydrogens (primary N) is 1. The highest BCUT2D eigenvalue weighted by Gasteiger charge is 2.17. The molecule has 5 nitrogen and oxygen atoms in total. The van der Waals surface area contributed by atoms with Crippen LogP contribution in [0.4, 0.5) is 5.69 Å².